The van der Waals surface area contributed by atoms with Crippen molar-refractivity contribution in [3.8, 4) is 0 Å². The topological polar surface area (TPSA) is 78.8 Å². The maximum Gasteiger partial charge on any atom is 0.111 e. The van der Waals surface area contributed by atoms with Crippen LogP contribution in [0.25, 0.3) is 10.9 Å². The third-order valence-corrected chi connectivity index (χ3v) is 4.79. The van der Waals surface area contributed by atoms with Gasteiger partial charge >= 0.3 is 0 Å². The van der Waals surface area contributed by atoms with E-state index < -0.39 is 6.10 Å². The molecule has 3 N–H and O–H groups in total. The average molecular weight is 325 g/mol. The highest BCUT2D eigenvalue weighted by molar-refractivity contribution is 5.84. The summed E-state index contributed by atoms with van der Waals surface area (Å²) in [5.74, 6) is 0. The molecule has 3 aromatic rings. The molecule has 1 aliphatic rings. The minimum atomic E-state index is -0.511. The number of fused-ring (bicyclic) bond motifs is 3. The van der Waals surface area contributed by atoms with Gasteiger partial charge in [0.1, 0.15) is 5.69 Å². The predicted molar refractivity (Wildman–Crippen MR) is 92.5 cm³/mol. The van der Waals surface area contributed by atoms with Crippen LogP contribution in [0.3, 0.4) is 0 Å². The molecule has 6 heteroatoms. The van der Waals surface area contributed by atoms with E-state index in [1.54, 1.807) is 0 Å². The molecule has 3 heterocycles. The van der Waals surface area contributed by atoms with E-state index in [0.29, 0.717) is 11.7 Å². The molecule has 0 amide bonds. The Balaban J connectivity index is 1.49. The van der Waals surface area contributed by atoms with Crippen molar-refractivity contribution >= 4 is 10.9 Å². The summed E-state index contributed by atoms with van der Waals surface area (Å²) in [7, 11) is 0. The number of rotatable bonds is 5. The lowest BCUT2D eigenvalue weighted by Crippen LogP contribution is -2.38. The van der Waals surface area contributed by atoms with Crippen LogP contribution in [0.5, 0.6) is 0 Å². The van der Waals surface area contributed by atoms with Crippen LogP contribution in [0.4, 0.5) is 0 Å². The van der Waals surface area contributed by atoms with Crippen LogP contribution in [0.1, 0.15) is 42.8 Å². The van der Waals surface area contributed by atoms with Crippen molar-refractivity contribution in [1.29, 1.82) is 0 Å². The van der Waals surface area contributed by atoms with Gasteiger partial charge in [-0.1, -0.05) is 36.8 Å². The molecule has 1 unspecified atom stereocenters. The van der Waals surface area contributed by atoms with E-state index >= 15 is 0 Å². The molecule has 2 atom stereocenters. The first kappa shape index (κ1) is 15.4. The molecule has 0 aliphatic carbocycles. The third kappa shape index (κ3) is 2.83. The van der Waals surface area contributed by atoms with Gasteiger partial charge in [-0.2, -0.15) is 0 Å². The second kappa shape index (κ2) is 6.37. The standard InChI is InChI=1S/C18H23N5O/c1-2-5-18(24)17-11-23(22-21-17)10-12-8-14-13-6-3-4-7-15(13)20-16(14)9-19-12/h3-4,6-7,11-12,18-20,24H,2,5,8-10H2,1H3/t12-,18?/m0/s1. The number of nitrogens with zero attached hydrogens (tertiary/aromatic N) is 3. The van der Waals surface area contributed by atoms with Crippen LogP contribution < -0.4 is 5.32 Å². The van der Waals surface area contributed by atoms with Crippen molar-refractivity contribution in [2.24, 2.45) is 0 Å². The minimum absolute atomic E-state index is 0.314. The highest BCUT2D eigenvalue weighted by Crippen LogP contribution is 2.26. The second-order valence-electron chi connectivity index (χ2n) is 6.58. The lowest BCUT2D eigenvalue weighted by molar-refractivity contribution is 0.161. The van der Waals surface area contributed by atoms with Gasteiger partial charge in [0, 0.05) is 29.2 Å². The maximum atomic E-state index is 10.0. The summed E-state index contributed by atoms with van der Waals surface area (Å²) in [4.78, 5) is 3.50. The zero-order valence-electron chi connectivity index (χ0n) is 13.9. The smallest absolute Gasteiger partial charge is 0.111 e. The quantitative estimate of drug-likeness (QED) is 0.672. The SMILES string of the molecule is CCCC(O)c1cn(C[C@@H]2Cc3c([nH]c4ccccc34)CN2)nn1. The van der Waals surface area contributed by atoms with Gasteiger partial charge in [-0.3, -0.25) is 4.68 Å². The van der Waals surface area contributed by atoms with Crippen LogP contribution in [0.2, 0.25) is 0 Å². The molecule has 0 saturated heterocycles. The summed E-state index contributed by atoms with van der Waals surface area (Å²) in [6, 6.07) is 8.78. The van der Waals surface area contributed by atoms with Gasteiger partial charge in [0.05, 0.1) is 18.8 Å². The van der Waals surface area contributed by atoms with Crippen LogP contribution in [-0.4, -0.2) is 31.1 Å². The normalized spacial score (nSPS) is 18.7. The molecule has 2 aromatic heterocycles. The number of aliphatic hydroxyl groups is 1. The van der Waals surface area contributed by atoms with Crippen molar-refractivity contribution in [2.45, 2.75) is 51.4 Å². The summed E-state index contributed by atoms with van der Waals surface area (Å²) in [6.45, 7) is 3.65. The number of hydrogen-bond donors (Lipinski definition) is 3. The Morgan fingerprint density at radius 2 is 2.25 bits per heavy atom. The Bertz CT molecular complexity index is 837. The Labute approximate surface area is 140 Å². The number of benzene rings is 1. The Kier molecular flexibility index (Phi) is 4.08. The largest absolute Gasteiger partial charge is 0.387 e. The molecule has 0 spiro atoms. The zero-order chi connectivity index (χ0) is 16.5. The van der Waals surface area contributed by atoms with E-state index in [1.807, 2.05) is 10.9 Å². The summed E-state index contributed by atoms with van der Waals surface area (Å²) in [6.07, 6.45) is 3.97. The van der Waals surface area contributed by atoms with Crippen molar-refractivity contribution < 1.29 is 5.11 Å². The van der Waals surface area contributed by atoms with Crippen molar-refractivity contribution in [3.05, 3.63) is 47.4 Å². The minimum Gasteiger partial charge on any atom is -0.387 e. The van der Waals surface area contributed by atoms with Gasteiger partial charge < -0.3 is 15.4 Å². The number of aromatic nitrogens is 4. The van der Waals surface area contributed by atoms with Crippen LogP contribution in [0.15, 0.2) is 30.5 Å². The molecule has 0 fully saturated rings. The first-order valence-corrected chi connectivity index (χ1v) is 8.64. The fourth-order valence-electron chi connectivity index (χ4n) is 3.54. The summed E-state index contributed by atoms with van der Waals surface area (Å²) < 4.78 is 1.84. The molecule has 6 nitrogen and oxygen atoms in total. The number of para-hydroxylation sites is 1. The molecule has 1 aliphatic heterocycles. The van der Waals surface area contributed by atoms with E-state index in [1.165, 1.54) is 22.2 Å². The van der Waals surface area contributed by atoms with E-state index in [9.17, 15) is 5.11 Å². The number of nitrogens with one attached hydrogen (secondary N) is 2. The maximum absolute atomic E-state index is 10.0. The van der Waals surface area contributed by atoms with Crippen molar-refractivity contribution in [1.82, 2.24) is 25.3 Å². The van der Waals surface area contributed by atoms with E-state index in [-0.39, 0.29) is 0 Å². The van der Waals surface area contributed by atoms with Crippen molar-refractivity contribution in [3.63, 3.8) is 0 Å². The molecule has 126 valence electrons. The number of aromatic amines is 1. The highest BCUT2D eigenvalue weighted by Gasteiger charge is 2.22. The van der Waals surface area contributed by atoms with Crippen LogP contribution >= 0.6 is 0 Å². The van der Waals surface area contributed by atoms with Gasteiger partial charge in [0.25, 0.3) is 0 Å². The monoisotopic (exact) mass is 325 g/mol. The highest BCUT2D eigenvalue weighted by atomic mass is 16.3. The molecule has 0 saturated carbocycles. The summed E-state index contributed by atoms with van der Waals surface area (Å²) in [5, 5.41) is 23.2. The summed E-state index contributed by atoms with van der Waals surface area (Å²) >= 11 is 0. The van der Waals surface area contributed by atoms with Gasteiger partial charge in [0.2, 0.25) is 0 Å². The molecular weight excluding hydrogens is 302 g/mol. The van der Waals surface area contributed by atoms with Crippen LogP contribution in [-0.2, 0) is 19.5 Å². The fraction of sp³-hybridized carbons (Fsp3) is 0.444. The Morgan fingerprint density at radius 1 is 1.38 bits per heavy atom. The third-order valence-electron chi connectivity index (χ3n) is 4.79. The first-order valence-electron chi connectivity index (χ1n) is 8.64. The molecule has 0 radical (unpaired) electrons. The van der Waals surface area contributed by atoms with Crippen LogP contribution in [0, 0.1) is 0 Å². The lowest BCUT2D eigenvalue weighted by Gasteiger charge is -2.24. The number of aliphatic hydroxyl groups excluding tert-OH is 1. The van der Waals surface area contributed by atoms with Gasteiger partial charge in [-0.25, -0.2) is 0 Å². The zero-order valence-corrected chi connectivity index (χ0v) is 13.9. The average Bonchev–Trinajstić information content (AvgIpc) is 3.19. The lowest BCUT2D eigenvalue weighted by atomic mass is 9.98. The first-order chi connectivity index (χ1) is 11.7. The summed E-state index contributed by atoms with van der Waals surface area (Å²) in [5.41, 5.74) is 4.56. The van der Waals surface area contributed by atoms with Gasteiger partial charge in [-0.05, 0) is 24.5 Å². The van der Waals surface area contributed by atoms with Gasteiger partial charge in [-0.15, -0.1) is 5.10 Å². The van der Waals surface area contributed by atoms with E-state index in [0.717, 1.165) is 32.4 Å². The Morgan fingerprint density at radius 3 is 3.12 bits per heavy atom. The molecular formula is C18H23N5O. The predicted octanol–water partition coefficient (Wildman–Crippen LogP) is 2.31. The second-order valence-corrected chi connectivity index (χ2v) is 6.58. The van der Waals surface area contributed by atoms with E-state index in [2.05, 4.69) is 51.8 Å². The number of H-pyrrole nitrogens is 1. The fourth-order valence-corrected chi connectivity index (χ4v) is 3.54. The Hall–Kier alpha value is -2.18. The van der Waals surface area contributed by atoms with Crippen molar-refractivity contribution in [2.75, 3.05) is 0 Å². The van der Waals surface area contributed by atoms with E-state index in [4.69, 9.17) is 0 Å². The molecule has 0 bridgehead atoms. The molecule has 24 heavy (non-hydrogen) atoms. The number of hydrogen-bond acceptors (Lipinski definition) is 4. The molecule has 4 rings (SSSR count). The van der Waals surface area contributed by atoms with Gasteiger partial charge in [0.15, 0.2) is 0 Å². The molecule has 1 aromatic carbocycles.